The highest BCUT2D eigenvalue weighted by atomic mass is 19.3. The van der Waals surface area contributed by atoms with E-state index in [1.54, 1.807) is 0 Å². The Morgan fingerprint density at radius 3 is 2.36 bits per heavy atom. The Kier molecular flexibility index (Phi) is 4.80. The third kappa shape index (κ3) is 3.94. The van der Waals surface area contributed by atoms with Gasteiger partial charge in [0.1, 0.15) is 0 Å². The molecule has 0 aliphatic rings. The monoisotopic (exact) mass is 161 g/mol. The van der Waals surface area contributed by atoms with E-state index in [0.717, 1.165) is 0 Å². The third-order valence-corrected chi connectivity index (χ3v) is 1.45. The zero-order valence-electron chi connectivity index (χ0n) is 6.77. The van der Waals surface area contributed by atoms with Crippen molar-refractivity contribution in [3.63, 3.8) is 0 Å². The van der Waals surface area contributed by atoms with Gasteiger partial charge in [0.15, 0.2) is 0 Å². The summed E-state index contributed by atoms with van der Waals surface area (Å²) in [4.78, 5) is 0. The van der Waals surface area contributed by atoms with Gasteiger partial charge in [-0.25, -0.2) is 8.78 Å². The van der Waals surface area contributed by atoms with Crippen LogP contribution in [-0.2, 0) is 0 Å². The summed E-state index contributed by atoms with van der Waals surface area (Å²) in [5.41, 5.74) is 0. The minimum Gasteiger partial charge on any atom is -0.296 e. The lowest BCUT2D eigenvalue weighted by Gasteiger charge is -2.16. The van der Waals surface area contributed by atoms with Crippen molar-refractivity contribution in [2.75, 3.05) is 0 Å². The van der Waals surface area contributed by atoms with Crippen molar-refractivity contribution in [2.24, 2.45) is 0 Å². The third-order valence-electron chi connectivity index (χ3n) is 1.45. The molecule has 64 valence electrons. The van der Waals surface area contributed by atoms with Crippen molar-refractivity contribution in [2.45, 2.75) is 38.8 Å². The average molecular weight is 161 g/mol. The summed E-state index contributed by atoms with van der Waals surface area (Å²) in [6.07, 6.45) is 3.40. The summed E-state index contributed by atoms with van der Waals surface area (Å²) in [6, 6.07) is -1.06. The van der Waals surface area contributed by atoms with Gasteiger partial charge in [-0.15, -0.1) is 6.42 Å². The van der Waals surface area contributed by atoms with Gasteiger partial charge in [-0.05, 0) is 13.3 Å². The minimum atomic E-state index is -2.35. The van der Waals surface area contributed by atoms with Crippen molar-refractivity contribution >= 4 is 0 Å². The Labute approximate surface area is 66.2 Å². The predicted octanol–water partition coefficient (Wildman–Crippen LogP) is 1.64. The lowest BCUT2D eigenvalue weighted by molar-refractivity contribution is 0.103. The van der Waals surface area contributed by atoms with Gasteiger partial charge >= 0.3 is 0 Å². The molecule has 0 aliphatic carbocycles. The van der Waals surface area contributed by atoms with Gasteiger partial charge in [0.2, 0.25) is 0 Å². The molecule has 0 aliphatic heterocycles. The number of hydrogen-bond acceptors (Lipinski definition) is 1. The summed E-state index contributed by atoms with van der Waals surface area (Å²) < 4.78 is 23.9. The van der Waals surface area contributed by atoms with Crippen molar-refractivity contribution in [1.29, 1.82) is 0 Å². The summed E-state index contributed by atoms with van der Waals surface area (Å²) in [5, 5.41) is 2.63. The maximum Gasteiger partial charge on any atom is 0.253 e. The standard InChI is InChI=1S/C8H13F2N/c1-4-7(5-2)11-6(3)8(9)10/h1,6-8,11H,5H2,2-3H3. The number of halogens is 2. The Balaban J connectivity index is 3.74. The van der Waals surface area contributed by atoms with Gasteiger partial charge in [-0.2, -0.15) is 0 Å². The van der Waals surface area contributed by atoms with Crippen LogP contribution in [0, 0.1) is 12.3 Å². The van der Waals surface area contributed by atoms with Crippen LogP contribution in [-0.4, -0.2) is 18.5 Å². The van der Waals surface area contributed by atoms with Crippen LogP contribution in [0.2, 0.25) is 0 Å². The lowest BCUT2D eigenvalue weighted by Crippen LogP contribution is -2.39. The van der Waals surface area contributed by atoms with Crippen LogP contribution in [0.25, 0.3) is 0 Å². The molecule has 0 amide bonds. The van der Waals surface area contributed by atoms with E-state index in [4.69, 9.17) is 6.42 Å². The number of nitrogens with one attached hydrogen (secondary N) is 1. The molecule has 0 rings (SSSR count). The number of rotatable bonds is 4. The molecule has 0 heterocycles. The van der Waals surface area contributed by atoms with E-state index in [1.165, 1.54) is 6.92 Å². The molecule has 0 saturated carbocycles. The van der Waals surface area contributed by atoms with E-state index in [0.29, 0.717) is 6.42 Å². The minimum absolute atomic E-state index is 0.237. The van der Waals surface area contributed by atoms with Crippen LogP contribution >= 0.6 is 0 Å². The fourth-order valence-electron chi connectivity index (χ4n) is 0.674. The average Bonchev–Trinajstić information content (AvgIpc) is 1.99. The van der Waals surface area contributed by atoms with E-state index >= 15 is 0 Å². The van der Waals surface area contributed by atoms with Crippen molar-refractivity contribution < 1.29 is 8.78 Å². The first-order valence-electron chi connectivity index (χ1n) is 3.62. The first kappa shape index (κ1) is 10.4. The maximum atomic E-state index is 11.9. The molecular formula is C8H13F2N. The summed E-state index contributed by atoms with van der Waals surface area (Å²) >= 11 is 0. The highest BCUT2D eigenvalue weighted by molar-refractivity contribution is 4.98. The Morgan fingerprint density at radius 1 is 1.55 bits per heavy atom. The molecule has 2 unspecified atom stereocenters. The number of hydrogen-bond donors (Lipinski definition) is 1. The first-order valence-corrected chi connectivity index (χ1v) is 3.62. The quantitative estimate of drug-likeness (QED) is 0.618. The van der Waals surface area contributed by atoms with E-state index in [2.05, 4.69) is 11.2 Å². The van der Waals surface area contributed by atoms with E-state index in [9.17, 15) is 8.78 Å². The fourth-order valence-corrected chi connectivity index (χ4v) is 0.674. The molecule has 11 heavy (non-hydrogen) atoms. The molecule has 0 bridgehead atoms. The van der Waals surface area contributed by atoms with Crippen LogP contribution in [0.3, 0.4) is 0 Å². The smallest absolute Gasteiger partial charge is 0.253 e. The molecule has 0 aromatic carbocycles. The molecule has 2 atom stereocenters. The van der Waals surface area contributed by atoms with Crippen molar-refractivity contribution in [1.82, 2.24) is 5.32 Å². The highest BCUT2D eigenvalue weighted by Crippen LogP contribution is 2.01. The zero-order valence-corrected chi connectivity index (χ0v) is 6.77. The van der Waals surface area contributed by atoms with Gasteiger partial charge in [0.25, 0.3) is 6.43 Å². The number of alkyl halides is 2. The van der Waals surface area contributed by atoms with Gasteiger partial charge in [-0.1, -0.05) is 12.8 Å². The molecule has 0 radical (unpaired) electrons. The van der Waals surface area contributed by atoms with Crippen molar-refractivity contribution in [3.8, 4) is 12.3 Å². The van der Waals surface area contributed by atoms with Crippen LogP contribution in [0.4, 0.5) is 8.78 Å². The molecule has 1 N–H and O–H groups in total. The van der Waals surface area contributed by atoms with Gasteiger partial charge in [-0.3, -0.25) is 5.32 Å². The van der Waals surface area contributed by atoms with Crippen LogP contribution in [0.15, 0.2) is 0 Å². The molecule has 1 nitrogen and oxygen atoms in total. The van der Waals surface area contributed by atoms with Crippen LogP contribution < -0.4 is 5.32 Å². The molecule has 0 saturated heterocycles. The second-order valence-electron chi connectivity index (χ2n) is 2.42. The van der Waals surface area contributed by atoms with Gasteiger partial charge in [0.05, 0.1) is 12.1 Å². The normalized spacial score (nSPS) is 16.0. The Bertz CT molecular complexity index is 140. The largest absolute Gasteiger partial charge is 0.296 e. The predicted molar refractivity (Wildman–Crippen MR) is 41.5 cm³/mol. The van der Waals surface area contributed by atoms with E-state index < -0.39 is 12.5 Å². The highest BCUT2D eigenvalue weighted by Gasteiger charge is 2.16. The maximum absolute atomic E-state index is 11.9. The zero-order chi connectivity index (χ0) is 8.85. The summed E-state index contributed by atoms with van der Waals surface area (Å²) in [5.74, 6) is 2.39. The first-order chi connectivity index (χ1) is 5.11. The van der Waals surface area contributed by atoms with Gasteiger partial charge in [0, 0.05) is 0 Å². The van der Waals surface area contributed by atoms with E-state index in [-0.39, 0.29) is 6.04 Å². The molecular weight excluding hydrogens is 148 g/mol. The van der Waals surface area contributed by atoms with Crippen molar-refractivity contribution in [3.05, 3.63) is 0 Å². The molecule has 0 aromatic rings. The second-order valence-corrected chi connectivity index (χ2v) is 2.42. The van der Waals surface area contributed by atoms with Crippen LogP contribution in [0.1, 0.15) is 20.3 Å². The van der Waals surface area contributed by atoms with Gasteiger partial charge < -0.3 is 0 Å². The Hall–Kier alpha value is -0.620. The summed E-state index contributed by atoms with van der Waals surface area (Å²) in [7, 11) is 0. The topological polar surface area (TPSA) is 12.0 Å². The molecule has 0 aromatic heterocycles. The molecule has 0 fully saturated rings. The fraction of sp³-hybridized carbons (Fsp3) is 0.750. The number of terminal acetylenes is 1. The SMILES string of the molecule is C#CC(CC)NC(C)C(F)F. The molecule has 0 spiro atoms. The second kappa shape index (κ2) is 5.09. The lowest BCUT2D eigenvalue weighted by atomic mass is 10.2. The summed E-state index contributed by atoms with van der Waals surface area (Å²) in [6.45, 7) is 3.28. The van der Waals surface area contributed by atoms with Crippen LogP contribution in [0.5, 0.6) is 0 Å². The Morgan fingerprint density at radius 2 is 2.09 bits per heavy atom. The van der Waals surface area contributed by atoms with E-state index in [1.807, 2.05) is 6.92 Å². The molecule has 3 heteroatoms.